The first-order chi connectivity index (χ1) is 10.6. The molecule has 0 aromatic carbocycles. The van der Waals surface area contributed by atoms with Gasteiger partial charge in [-0.2, -0.15) is 0 Å². The van der Waals surface area contributed by atoms with E-state index in [4.69, 9.17) is 4.74 Å². The summed E-state index contributed by atoms with van der Waals surface area (Å²) in [4.78, 5) is 15.5. The molecule has 6 rings (SSSR count). The first-order valence-corrected chi connectivity index (χ1v) is 10.0. The molecule has 0 unspecified atom stereocenters. The number of likely N-dealkylation sites (tertiary alicyclic amines) is 1. The van der Waals surface area contributed by atoms with E-state index in [2.05, 4.69) is 4.90 Å². The van der Waals surface area contributed by atoms with E-state index in [1.165, 1.54) is 38.5 Å². The molecule has 4 bridgehead atoms. The van der Waals surface area contributed by atoms with E-state index >= 15 is 0 Å². The van der Waals surface area contributed by atoms with Gasteiger partial charge in [-0.05, 0) is 62.7 Å². The second-order valence-electron chi connectivity index (χ2n) is 8.91. The van der Waals surface area contributed by atoms with Crippen molar-refractivity contribution in [2.45, 2.75) is 55.8 Å². The topological polar surface area (TPSA) is 29.5 Å². The number of nitrogens with zero attached hydrogens (tertiary/aromatic N) is 1. The zero-order valence-corrected chi connectivity index (χ0v) is 14.4. The van der Waals surface area contributed by atoms with Crippen molar-refractivity contribution >= 4 is 17.7 Å². The highest BCUT2D eigenvalue weighted by atomic mass is 32.2. The SMILES string of the molecule is CO[C@H]1CSC2(C1)CN(C(=O)C13CC4CC(CC(C4)C1)C3)C2. The lowest BCUT2D eigenvalue weighted by atomic mass is 9.49. The molecule has 6 aliphatic rings. The fourth-order valence-electron chi connectivity index (χ4n) is 6.68. The van der Waals surface area contributed by atoms with Crippen LogP contribution in [-0.2, 0) is 9.53 Å². The predicted octanol–water partition coefficient (Wildman–Crippen LogP) is 2.94. The monoisotopic (exact) mass is 321 g/mol. The Labute approximate surface area is 137 Å². The highest BCUT2D eigenvalue weighted by molar-refractivity contribution is 8.01. The van der Waals surface area contributed by atoms with Crippen LogP contribution >= 0.6 is 11.8 Å². The van der Waals surface area contributed by atoms with Gasteiger partial charge < -0.3 is 9.64 Å². The third-order valence-electron chi connectivity index (χ3n) is 7.25. The Morgan fingerprint density at radius 1 is 1.05 bits per heavy atom. The number of methoxy groups -OCH3 is 1. The molecule has 1 atom stereocenters. The van der Waals surface area contributed by atoms with Crippen molar-refractivity contribution in [1.82, 2.24) is 4.90 Å². The van der Waals surface area contributed by atoms with Crippen LogP contribution in [0.5, 0.6) is 0 Å². The van der Waals surface area contributed by atoms with E-state index < -0.39 is 0 Å². The van der Waals surface area contributed by atoms with Crippen molar-refractivity contribution in [2.75, 3.05) is 26.0 Å². The fraction of sp³-hybridized carbons (Fsp3) is 0.944. The molecular formula is C18H27NO2S. The van der Waals surface area contributed by atoms with Gasteiger partial charge in [-0.15, -0.1) is 11.8 Å². The van der Waals surface area contributed by atoms with Crippen molar-refractivity contribution in [1.29, 1.82) is 0 Å². The highest BCUT2D eigenvalue weighted by Crippen LogP contribution is 2.61. The van der Waals surface area contributed by atoms with Gasteiger partial charge in [0, 0.05) is 26.0 Å². The number of carbonyl (C=O) groups is 1. The number of ether oxygens (including phenoxy) is 1. The number of rotatable bonds is 2. The third-order valence-corrected chi connectivity index (χ3v) is 8.82. The van der Waals surface area contributed by atoms with Crippen LogP contribution in [0.1, 0.15) is 44.9 Å². The minimum atomic E-state index is 0.0558. The van der Waals surface area contributed by atoms with Gasteiger partial charge >= 0.3 is 0 Å². The maximum absolute atomic E-state index is 13.3. The summed E-state index contributed by atoms with van der Waals surface area (Å²) in [5.74, 6) is 4.23. The van der Waals surface area contributed by atoms with Gasteiger partial charge in [0.1, 0.15) is 0 Å². The Morgan fingerprint density at radius 3 is 2.14 bits per heavy atom. The van der Waals surface area contributed by atoms with E-state index in [0.717, 1.165) is 43.0 Å². The van der Waals surface area contributed by atoms with Gasteiger partial charge in [0.15, 0.2) is 0 Å². The van der Waals surface area contributed by atoms with Crippen molar-refractivity contribution in [2.24, 2.45) is 23.2 Å². The summed E-state index contributed by atoms with van der Waals surface area (Å²) in [5.41, 5.74) is 0.0558. The molecule has 6 fully saturated rings. The highest BCUT2D eigenvalue weighted by Gasteiger charge is 2.59. The summed E-state index contributed by atoms with van der Waals surface area (Å²) in [6.45, 7) is 1.97. The van der Waals surface area contributed by atoms with Crippen LogP contribution in [0.25, 0.3) is 0 Å². The standard InChI is InChI=1S/C18H27NO2S/c1-21-15-8-18(22-9-15)10-19(11-18)16(20)17-5-12-2-13(6-17)4-14(3-12)7-17/h12-15H,2-11H2,1H3/t12?,13?,14?,15-,17?/m1/s1. The largest absolute Gasteiger partial charge is 0.381 e. The van der Waals surface area contributed by atoms with Crippen LogP contribution in [0.15, 0.2) is 0 Å². The average Bonchev–Trinajstić information content (AvgIpc) is 2.88. The third kappa shape index (κ3) is 1.95. The molecule has 4 saturated carbocycles. The second kappa shape index (κ2) is 4.66. The lowest BCUT2D eigenvalue weighted by Crippen LogP contribution is -2.65. The molecule has 2 heterocycles. The molecule has 0 aromatic heterocycles. The summed E-state index contributed by atoms with van der Waals surface area (Å²) in [7, 11) is 1.82. The van der Waals surface area contributed by atoms with Crippen LogP contribution in [0.4, 0.5) is 0 Å². The van der Waals surface area contributed by atoms with Crippen LogP contribution in [0.2, 0.25) is 0 Å². The number of amides is 1. The Morgan fingerprint density at radius 2 is 1.64 bits per heavy atom. The van der Waals surface area contributed by atoms with Gasteiger partial charge in [-0.25, -0.2) is 0 Å². The van der Waals surface area contributed by atoms with E-state index in [0.29, 0.717) is 16.8 Å². The molecule has 1 spiro atoms. The second-order valence-corrected chi connectivity index (χ2v) is 10.4. The van der Waals surface area contributed by atoms with Gasteiger partial charge in [0.2, 0.25) is 5.91 Å². The fourth-order valence-corrected chi connectivity index (χ4v) is 8.27. The Balaban J connectivity index is 1.29. The molecule has 122 valence electrons. The van der Waals surface area contributed by atoms with Gasteiger partial charge in [0.05, 0.1) is 16.3 Å². The predicted molar refractivity (Wildman–Crippen MR) is 87.8 cm³/mol. The van der Waals surface area contributed by atoms with Crippen molar-refractivity contribution < 1.29 is 9.53 Å². The molecule has 0 radical (unpaired) electrons. The summed E-state index contributed by atoms with van der Waals surface area (Å²) < 4.78 is 5.85. The van der Waals surface area contributed by atoms with Crippen LogP contribution < -0.4 is 0 Å². The molecule has 4 aliphatic carbocycles. The number of carbonyl (C=O) groups excluding carboxylic acids is 1. The minimum absolute atomic E-state index is 0.0558. The summed E-state index contributed by atoms with van der Waals surface area (Å²) in [6.07, 6.45) is 9.41. The van der Waals surface area contributed by atoms with Crippen molar-refractivity contribution in [3.05, 3.63) is 0 Å². The van der Waals surface area contributed by atoms with Crippen molar-refractivity contribution in [3.63, 3.8) is 0 Å². The smallest absolute Gasteiger partial charge is 0.228 e. The molecular weight excluding hydrogens is 294 g/mol. The average molecular weight is 321 g/mol. The summed E-state index contributed by atoms with van der Waals surface area (Å²) in [5, 5.41) is 0. The van der Waals surface area contributed by atoms with Gasteiger partial charge in [0.25, 0.3) is 0 Å². The molecule has 22 heavy (non-hydrogen) atoms. The van der Waals surface area contributed by atoms with Crippen molar-refractivity contribution in [3.8, 4) is 0 Å². The number of hydrogen-bond donors (Lipinski definition) is 0. The van der Waals surface area contributed by atoms with Crippen LogP contribution in [-0.4, -0.2) is 47.6 Å². The molecule has 2 saturated heterocycles. The molecule has 4 heteroatoms. The number of thioether (sulfide) groups is 1. The Kier molecular flexibility index (Phi) is 3.00. The minimum Gasteiger partial charge on any atom is -0.381 e. The lowest BCUT2D eigenvalue weighted by Gasteiger charge is -2.59. The van der Waals surface area contributed by atoms with E-state index in [1.807, 2.05) is 18.9 Å². The zero-order valence-electron chi connectivity index (χ0n) is 13.6. The first-order valence-electron chi connectivity index (χ1n) is 9.06. The van der Waals surface area contributed by atoms with Crippen LogP contribution in [0.3, 0.4) is 0 Å². The summed E-state index contributed by atoms with van der Waals surface area (Å²) >= 11 is 2.04. The molecule has 2 aliphatic heterocycles. The normalized spacial score (nSPS) is 48.0. The maximum atomic E-state index is 13.3. The molecule has 1 amide bonds. The molecule has 0 N–H and O–H groups in total. The van der Waals surface area contributed by atoms with E-state index in [-0.39, 0.29) is 5.41 Å². The quantitative estimate of drug-likeness (QED) is 0.783. The Hall–Kier alpha value is -0.220. The van der Waals surface area contributed by atoms with E-state index in [9.17, 15) is 4.79 Å². The van der Waals surface area contributed by atoms with E-state index in [1.54, 1.807) is 0 Å². The lowest BCUT2D eigenvalue weighted by molar-refractivity contribution is -0.163. The van der Waals surface area contributed by atoms with Gasteiger partial charge in [-0.1, -0.05) is 0 Å². The summed E-state index contributed by atoms with van der Waals surface area (Å²) in [6, 6.07) is 0. The molecule has 3 nitrogen and oxygen atoms in total. The Bertz CT molecular complexity index is 464. The van der Waals surface area contributed by atoms with Crippen LogP contribution in [0, 0.1) is 23.2 Å². The maximum Gasteiger partial charge on any atom is 0.228 e. The van der Waals surface area contributed by atoms with Gasteiger partial charge in [-0.3, -0.25) is 4.79 Å². The first kappa shape index (κ1) is 14.2. The molecule has 0 aromatic rings. The zero-order chi connectivity index (χ0) is 14.9. The number of hydrogen-bond acceptors (Lipinski definition) is 3.